The Bertz CT molecular complexity index is 995. The highest BCUT2D eigenvalue weighted by Crippen LogP contribution is 2.19. The SMILES string of the molecule is NNC(=O)CN=C(c1ccc(C(=O)O)cc1)c1ccc2ccccc2c1. The van der Waals surface area contributed by atoms with E-state index in [4.69, 9.17) is 10.9 Å². The zero-order valence-corrected chi connectivity index (χ0v) is 13.8. The normalized spacial score (nSPS) is 11.3. The van der Waals surface area contributed by atoms with E-state index in [1.54, 1.807) is 12.1 Å². The van der Waals surface area contributed by atoms with Gasteiger partial charge in [-0.3, -0.25) is 15.2 Å². The van der Waals surface area contributed by atoms with Crippen molar-refractivity contribution >= 4 is 28.4 Å². The number of aromatic carboxylic acids is 1. The molecule has 0 atom stereocenters. The predicted molar refractivity (Wildman–Crippen MR) is 100 cm³/mol. The second kappa shape index (κ2) is 7.58. The topological polar surface area (TPSA) is 105 Å². The first-order valence-corrected chi connectivity index (χ1v) is 7.95. The van der Waals surface area contributed by atoms with E-state index in [-0.39, 0.29) is 12.1 Å². The molecule has 0 heterocycles. The molecule has 0 spiro atoms. The molecule has 0 aliphatic heterocycles. The van der Waals surface area contributed by atoms with Gasteiger partial charge in [-0.1, -0.05) is 48.5 Å². The number of carboxylic acids is 1. The number of hydrogen-bond acceptors (Lipinski definition) is 4. The summed E-state index contributed by atoms with van der Waals surface area (Å²) in [6.07, 6.45) is 0. The third-order valence-electron chi connectivity index (χ3n) is 3.97. The van der Waals surface area contributed by atoms with Crippen LogP contribution in [0.3, 0.4) is 0 Å². The average Bonchev–Trinajstić information content (AvgIpc) is 2.68. The second-order valence-electron chi connectivity index (χ2n) is 5.68. The molecule has 0 bridgehead atoms. The maximum absolute atomic E-state index is 11.5. The molecular weight excluding hydrogens is 330 g/mol. The highest BCUT2D eigenvalue weighted by atomic mass is 16.4. The molecule has 1 amide bonds. The smallest absolute Gasteiger partial charge is 0.335 e. The van der Waals surface area contributed by atoms with Gasteiger partial charge in [-0.2, -0.15) is 0 Å². The molecule has 3 rings (SSSR count). The second-order valence-corrected chi connectivity index (χ2v) is 5.68. The van der Waals surface area contributed by atoms with Gasteiger partial charge in [-0.25, -0.2) is 10.6 Å². The molecule has 4 N–H and O–H groups in total. The van der Waals surface area contributed by atoms with Crippen LogP contribution in [0.1, 0.15) is 21.5 Å². The monoisotopic (exact) mass is 347 g/mol. The Labute approximate surface area is 150 Å². The van der Waals surface area contributed by atoms with Crippen LogP contribution in [-0.2, 0) is 4.79 Å². The van der Waals surface area contributed by atoms with Crippen LogP contribution >= 0.6 is 0 Å². The van der Waals surface area contributed by atoms with Crippen molar-refractivity contribution in [1.29, 1.82) is 0 Å². The summed E-state index contributed by atoms with van der Waals surface area (Å²) in [4.78, 5) is 27.0. The Morgan fingerprint density at radius 1 is 0.885 bits per heavy atom. The van der Waals surface area contributed by atoms with Crippen molar-refractivity contribution in [2.75, 3.05) is 6.54 Å². The van der Waals surface area contributed by atoms with E-state index in [9.17, 15) is 9.59 Å². The number of nitrogens with zero attached hydrogens (tertiary/aromatic N) is 1. The number of hydrogen-bond donors (Lipinski definition) is 3. The first-order valence-electron chi connectivity index (χ1n) is 7.95. The highest BCUT2D eigenvalue weighted by Gasteiger charge is 2.11. The number of carbonyl (C=O) groups is 2. The van der Waals surface area contributed by atoms with Crippen molar-refractivity contribution < 1.29 is 14.7 Å². The maximum atomic E-state index is 11.5. The number of amides is 1. The van der Waals surface area contributed by atoms with Crippen molar-refractivity contribution in [2.45, 2.75) is 0 Å². The van der Waals surface area contributed by atoms with Crippen molar-refractivity contribution in [3.63, 3.8) is 0 Å². The molecule has 0 fully saturated rings. The van der Waals surface area contributed by atoms with Crippen LogP contribution in [-0.4, -0.2) is 29.2 Å². The van der Waals surface area contributed by atoms with Gasteiger partial charge in [0.25, 0.3) is 5.91 Å². The average molecular weight is 347 g/mol. The van der Waals surface area contributed by atoms with Gasteiger partial charge in [0.15, 0.2) is 0 Å². The molecule has 6 nitrogen and oxygen atoms in total. The van der Waals surface area contributed by atoms with Crippen molar-refractivity contribution in [3.05, 3.63) is 83.4 Å². The van der Waals surface area contributed by atoms with Gasteiger partial charge < -0.3 is 5.11 Å². The summed E-state index contributed by atoms with van der Waals surface area (Å²) >= 11 is 0. The molecule has 0 radical (unpaired) electrons. The summed E-state index contributed by atoms with van der Waals surface area (Å²) in [7, 11) is 0. The lowest BCUT2D eigenvalue weighted by molar-refractivity contribution is -0.119. The molecule has 0 saturated heterocycles. The van der Waals surface area contributed by atoms with Crippen LogP contribution in [0.15, 0.2) is 71.7 Å². The summed E-state index contributed by atoms with van der Waals surface area (Å²) < 4.78 is 0. The van der Waals surface area contributed by atoms with Crippen LogP contribution in [0, 0.1) is 0 Å². The van der Waals surface area contributed by atoms with E-state index in [1.807, 2.05) is 42.5 Å². The van der Waals surface area contributed by atoms with Crippen LogP contribution in [0.2, 0.25) is 0 Å². The van der Waals surface area contributed by atoms with Gasteiger partial charge in [0.1, 0.15) is 6.54 Å². The number of aliphatic imine (C=N–C) groups is 1. The number of benzene rings is 3. The standard InChI is InChI=1S/C20H17N3O3/c21-23-18(24)12-22-19(14-6-8-15(9-7-14)20(25)26)17-10-5-13-3-1-2-4-16(13)11-17/h1-11H,12,21H2,(H,23,24)(H,25,26). The molecule has 0 saturated carbocycles. The lowest BCUT2D eigenvalue weighted by Crippen LogP contribution is -2.32. The fourth-order valence-corrected chi connectivity index (χ4v) is 2.65. The Balaban J connectivity index is 2.07. The fraction of sp³-hybridized carbons (Fsp3) is 0.0500. The number of carbonyl (C=O) groups excluding carboxylic acids is 1. The zero-order valence-electron chi connectivity index (χ0n) is 13.8. The van der Waals surface area contributed by atoms with E-state index in [0.717, 1.165) is 21.9 Å². The number of carboxylic acid groups (broad SMARTS) is 1. The van der Waals surface area contributed by atoms with E-state index < -0.39 is 11.9 Å². The van der Waals surface area contributed by atoms with Gasteiger partial charge in [0.2, 0.25) is 0 Å². The van der Waals surface area contributed by atoms with Crippen molar-refractivity contribution in [3.8, 4) is 0 Å². The largest absolute Gasteiger partial charge is 0.478 e. The van der Waals surface area contributed by atoms with Gasteiger partial charge in [-0.15, -0.1) is 0 Å². The summed E-state index contributed by atoms with van der Waals surface area (Å²) in [6.45, 7) is -0.126. The van der Waals surface area contributed by atoms with Gasteiger partial charge >= 0.3 is 5.97 Å². The Hall–Kier alpha value is -3.51. The van der Waals surface area contributed by atoms with Gasteiger partial charge in [0, 0.05) is 11.1 Å². The van der Waals surface area contributed by atoms with Gasteiger partial charge in [0.05, 0.1) is 11.3 Å². The molecule has 130 valence electrons. The van der Waals surface area contributed by atoms with Gasteiger partial charge in [-0.05, 0) is 29.0 Å². The van der Waals surface area contributed by atoms with E-state index in [1.165, 1.54) is 12.1 Å². The minimum Gasteiger partial charge on any atom is -0.478 e. The minimum atomic E-state index is -0.997. The van der Waals surface area contributed by atoms with Crippen molar-refractivity contribution in [2.24, 2.45) is 10.8 Å². The highest BCUT2D eigenvalue weighted by molar-refractivity contribution is 6.15. The summed E-state index contributed by atoms with van der Waals surface area (Å²) in [5, 5.41) is 11.2. The Kier molecular flexibility index (Phi) is 5.05. The van der Waals surface area contributed by atoms with Crippen LogP contribution in [0.5, 0.6) is 0 Å². The Morgan fingerprint density at radius 2 is 1.50 bits per heavy atom. The molecular formula is C20H17N3O3. The first-order chi connectivity index (χ1) is 12.6. The predicted octanol–water partition coefficient (Wildman–Crippen LogP) is 2.37. The third kappa shape index (κ3) is 3.76. The molecule has 26 heavy (non-hydrogen) atoms. The quantitative estimate of drug-likeness (QED) is 0.285. The molecule has 0 unspecified atom stereocenters. The molecule has 0 aromatic heterocycles. The minimum absolute atomic E-state index is 0.126. The van der Waals surface area contributed by atoms with E-state index in [0.29, 0.717) is 5.71 Å². The maximum Gasteiger partial charge on any atom is 0.335 e. The number of hydrazine groups is 1. The number of rotatable bonds is 5. The molecule has 3 aromatic rings. The molecule has 3 aromatic carbocycles. The number of nitrogens with two attached hydrogens (primary N) is 1. The summed E-state index contributed by atoms with van der Waals surface area (Å²) in [6, 6.07) is 20.2. The zero-order chi connectivity index (χ0) is 18.5. The lowest BCUT2D eigenvalue weighted by atomic mass is 9.98. The molecule has 6 heteroatoms. The van der Waals surface area contributed by atoms with Crippen LogP contribution in [0.25, 0.3) is 10.8 Å². The number of fused-ring (bicyclic) bond motifs is 1. The summed E-state index contributed by atoms with van der Waals surface area (Å²) in [5.74, 6) is 3.72. The first kappa shape index (κ1) is 17.3. The Morgan fingerprint density at radius 3 is 2.15 bits per heavy atom. The molecule has 0 aliphatic rings. The van der Waals surface area contributed by atoms with E-state index in [2.05, 4.69) is 10.4 Å². The van der Waals surface area contributed by atoms with E-state index >= 15 is 0 Å². The number of nitrogens with one attached hydrogen (secondary N) is 1. The van der Waals surface area contributed by atoms with Crippen molar-refractivity contribution in [1.82, 2.24) is 5.43 Å². The summed E-state index contributed by atoms with van der Waals surface area (Å²) in [5.41, 5.74) is 4.38. The van der Waals surface area contributed by atoms with Crippen LogP contribution < -0.4 is 11.3 Å². The fourth-order valence-electron chi connectivity index (χ4n) is 2.65. The molecule has 0 aliphatic carbocycles. The lowest BCUT2D eigenvalue weighted by Gasteiger charge is -2.10. The van der Waals surface area contributed by atoms with Crippen LogP contribution in [0.4, 0.5) is 0 Å². The third-order valence-corrected chi connectivity index (χ3v) is 3.97.